The highest BCUT2D eigenvalue weighted by molar-refractivity contribution is 5.95. The van der Waals surface area contributed by atoms with Gasteiger partial charge in [-0.15, -0.1) is 0 Å². The van der Waals surface area contributed by atoms with Crippen molar-refractivity contribution in [1.82, 2.24) is 0 Å². The van der Waals surface area contributed by atoms with Crippen molar-refractivity contribution in [2.24, 2.45) is 0 Å². The predicted octanol–water partition coefficient (Wildman–Crippen LogP) is 0.477. The zero-order valence-electron chi connectivity index (χ0n) is 8.67. The van der Waals surface area contributed by atoms with Gasteiger partial charge in [0.05, 0.1) is 6.61 Å². The van der Waals surface area contributed by atoms with E-state index in [4.69, 9.17) is 9.84 Å². The molecule has 0 saturated carbocycles. The van der Waals surface area contributed by atoms with Gasteiger partial charge in [0, 0.05) is 5.56 Å². The number of carbonyl (C=O) groups is 1. The van der Waals surface area contributed by atoms with Crippen molar-refractivity contribution in [3.05, 3.63) is 28.8 Å². The van der Waals surface area contributed by atoms with Crippen molar-refractivity contribution in [3.8, 4) is 5.75 Å². The molecule has 1 aliphatic heterocycles. The molecule has 5 heteroatoms. The Labute approximate surface area is 91.9 Å². The van der Waals surface area contributed by atoms with Gasteiger partial charge in [0.15, 0.2) is 0 Å². The number of phenolic OH excluding ortho intramolecular Hbond substituents is 1. The Morgan fingerprint density at radius 1 is 1.44 bits per heavy atom. The van der Waals surface area contributed by atoms with E-state index in [1.165, 1.54) is 12.1 Å². The predicted molar refractivity (Wildman–Crippen MR) is 53.9 cm³/mol. The molecule has 0 amide bonds. The molecule has 0 saturated heterocycles. The van der Waals surface area contributed by atoms with Crippen molar-refractivity contribution < 1.29 is 24.9 Å². The second-order valence-electron chi connectivity index (χ2n) is 3.75. The summed E-state index contributed by atoms with van der Waals surface area (Å²) in [5.74, 6) is -0.927. The van der Waals surface area contributed by atoms with Crippen molar-refractivity contribution in [1.29, 1.82) is 0 Å². The Hall–Kier alpha value is -1.59. The number of cyclic esters (lactones) is 1. The largest absolute Gasteiger partial charge is 0.507 e. The number of hydrogen-bond donors (Lipinski definition) is 3. The van der Waals surface area contributed by atoms with Crippen LogP contribution in [0, 0.1) is 0 Å². The van der Waals surface area contributed by atoms with Crippen LogP contribution in [0.25, 0.3) is 0 Å². The molecule has 1 aromatic rings. The molecule has 0 unspecified atom stereocenters. The number of phenols is 1. The minimum Gasteiger partial charge on any atom is -0.507 e. The van der Waals surface area contributed by atoms with E-state index in [0.717, 1.165) is 0 Å². The molecule has 1 aromatic carbocycles. The van der Waals surface area contributed by atoms with Crippen molar-refractivity contribution in [3.63, 3.8) is 0 Å². The van der Waals surface area contributed by atoms with E-state index >= 15 is 0 Å². The Balaban J connectivity index is 2.69. The number of hydrogen-bond acceptors (Lipinski definition) is 5. The molecule has 3 N–H and O–H groups in total. The first-order valence-electron chi connectivity index (χ1n) is 4.91. The van der Waals surface area contributed by atoms with Gasteiger partial charge >= 0.3 is 5.97 Å². The molecule has 86 valence electrons. The van der Waals surface area contributed by atoms with E-state index in [0.29, 0.717) is 5.56 Å². The van der Waals surface area contributed by atoms with E-state index in [9.17, 15) is 15.0 Å². The van der Waals surface area contributed by atoms with Crippen LogP contribution in [0.2, 0.25) is 0 Å². The molecular formula is C11H12O5. The molecule has 0 aromatic heterocycles. The number of aromatic hydroxyl groups is 1. The van der Waals surface area contributed by atoms with Gasteiger partial charge in [0.1, 0.15) is 23.5 Å². The van der Waals surface area contributed by atoms with Crippen LogP contribution in [-0.4, -0.2) is 27.4 Å². The summed E-state index contributed by atoms with van der Waals surface area (Å²) in [5, 5.41) is 28.6. The molecule has 0 aliphatic carbocycles. The highest BCUT2D eigenvalue weighted by Gasteiger charge is 2.35. The molecule has 0 spiro atoms. The first-order valence-corrected chi connectivity index (χ1v) is 4.91. The van der Waals surface area contributed by atoms with Crippen LogP contribution in [0.3, 0.4) is 0 Å². The maximum Gasteiger partial charge on any atom is 0.342 e. The second-order valence-corrected chi connectivity index (χ2v) is 3.75. The number of rotatable bonds is 1. The number of esters is 1. The number of aliphatic hydroxyl groups excluding tert-OH is 2. The van der Waals surface area contributed by atoms with E-state index in [-0.39, 0.29) is 23.5 Å². The number of carbonyl (C=O) groups excluding carboxylic acids is 1. The average molecular weight is 224 g/mol. The van der Waals surface area contributed by atoms with Crippen LogP contribution in [-0.2, 0) is 11.3 Å². The second kappa shape index (κ2) is 3.77. The molecule has 0 bridgehead atoms. The molecule has 0 radical (unpaired) electrons. The average Bonchev–Trinajstić information content (AvgIpc) is 2.25. The lowest BCUT2D eigenvalue weighted by molar-refractivity contribution is -0.0223. The monoisotopic (exact) mass is 224 g/mol. The maximum atomic E-state index is 11.6. The third-order valence-electron chi connectivity index (χ3n) is 2.72. The Morgan fingerprint density at radius 3 is 2.75 bits per heavy atom. The maximum absolute atomic E-state index is 11.6. The summed E-state index contributed by atoms with van der Waals surface area (Å²) in [6.45, 7) is 1.25. The van der Waals surface area contributed by atoms with Crippen LogP contribution in [0.4, 0.5) is 0 Å². The Kier molecular flexibility index (Phi) is 2.57. The van der Waals surface area contributed by atoms with E-state index < -0.39 is 18.2 Å². The van der Waals surface area contributed by atoms with E-state index in [2.05, 4.69) is 0 Å². The lowest BCUT2D eigenvalue weighted by Crippen LogP contribution is -2.31. The Morgan fingerprint density at radius 2 is 2.12 bits per heavy atom. The summed E-state index contributed by atoms with van der Waals surface area (Å²) >= 11 is 0. The van der Waals surface area contributed by atoms with Gasteiger partial charge < -0.3 is 20.1 Å². The van der Waals surface area contributed by atoms with Gasteiger partial charge in [-0.2, -0.15) is 0 Å². The van der Waals surface area contributed by atoms with Gasteiger partial charge in [-0.25, -0.2) is 4.79 Å². The number of benzene rings is 1. The summed E-state index contributed by atoms with van der Waals surface area (Å²) in [4.78, 5) is 11.6. The fourth-order valence-electron chi connectivity index (χ4n) is 1.87. The SMILES string of the molecule is C[C@H]1OC(=O)c2c(O)ccc(CO)c2[C@@H]1O. The zero-order chi connectivity index (χ0) is 11.9. The third-order valence-corrected chi connectivity index (χ3v) is 2.72. The summed E-state index contributed by atoms with van der Waals surface area (Å²) < 4.78 is 4.87. The molecule has 2 rings (SSSR count). The van der Waals surface area contributed by atoms with Crippen LogP contribution in [0.1, 0.15) is 34.5 Å². The van der Waals surface area contributed by atoms with Crippen molar-refractivity contribution in [2.45, 2.75) is 25.7 Å². The summed E-state index contributed by atoms with van der Waals surface area (Å²) in [7, 11) is 0. The minimum absolute atomic E-state index is 0.0582. The number of ether oxygens (including phenoxy) is 1. The van der Waals surface area contributed by atoms with Crippen LogP contribution in [0.15, 0.2) is 12.1 Å². The molecule has 2 atom stereocenters. The van der Waals surface area contributed by atoms with Gasteiger partial charge in [0.25, 0.3) is 0 Å². The van der Waals surface area contributed by atoms with E-state index in [1.807, 2.05) is 0 Å². The van der Waals surface area contributed by atoms with E-state index in [1.54, 1.807) is 6.92 Å². The summed E-state index contributed by atoms with van der Waals surface area (Å²) in [6, 6.07) is 2.77. The fourth-order valence-corrected chi connectivity index (χ4v) is 1.87. The molecular weight excluding hydrogens is 212 g/mol. The highest BCUT2D eigenvalue weighted by Crippen LogP contribution is 2.36. The molecule has 0 fully saturated rings. The molecule has 1 heterocycles. The molecule has 16 heavy (non-hydrogen) atoms. The molecule has 1 aliphatic rings. The normalized spacial score (nSPS) is 23.8. The first kappa shape index (κ1) is 10.9. The first-order chi connectivity index (χ1) is 7.56. The van der Waals surface area contributed by atoms with Crippen molar-refractivity contribution in [2.75, 3.05) is 0 Å². The zero-order valence-corrected chi connectivity index (χ0v) is 8.67. The minimum atomic E-state index is -1.03. The standard InChI is InChI=1S/C11H12O5/c1-5-10(14)8-6(4-12)2-3-7(13)9(8)11(15)16-5/h2-3,5,10,12-14H,4H2,1H3/t5-,10-/m1/s1. The number of fused-ring (bicyclic) bond motifs is 1. The smallest absolute Gasteiger partial charge is 0.342 e. The van der Waals surface area contributed by atoms with Crippen LogP contribution >= 0.6 is 0 Å². The quantitative estimate of drug-likeness (QED) is 0.604. The van der Waals surface area contributed by atoms with Crippen LogP contribution < -0.4 is 0 Å². The van der Waals surface area contributed by atoms with Crippen molar-refractivity contribution >= 4 is 5.97 Å². The topological polar surface area (TPSA) is 87.0 Å². The summed E-state index contributed by atoms with van der Waals surface area (Å²) in [6.07, 6.45) is -1.71. The lowest BCUT2D eigenvalue weighted by atomic mass is 9.91. The summed E-state index contributed by atoms with van der Waals surface area (Å²) in [5.41, 5.74) is 0.618. The van der Waals surface area contributed by atoms with Gasteiger partial charge in [0.2, 0.25) is 0 Å². The van der Waals surface area contributed by atoms with Gasteiger partial charge in [-0.3, -0.25) is 0 Å². The van der Waals surface area contributed by atoms with Crippen LogP contribution in [0.5, 0.6) is 5.75 Å². The Bertz CT molecular complexity index is 440. The lowest BCUT2D eigenvalue weighted by Gasteiger charge is -2.29. The third kappa shape index (κ3) is 1.45. The fraction of sp³-hybridized carbons (Fsp3) is 0.364. The van der Waals surface area contributed by atoms with Gasteiger partial charge in [-0.05, 0) is 18.6 Å². The van der Waals surface area contributed by atoms with Gasteiger partial charge in [-0.1, -0.05) is 6.07 Å². The molecule has 5 nitrogen and oxygen atoms in total. The highest BCUT2D eigenvalue weighted by atomic mass is 16.6. The number of aliphatic hydroxyl groups is 2.